The van der Waals surface area contributed by atoms with Crippen LogP contribution in [-0.4, -0.2) is 56.2 Å². The van der Waals surface area contributed by atoms with E-state index >= 15 is 0 Å². The topological polar surface area (TPSA) is 82.1 Å². The summed E-state index contributed by atoms with van der Waals surface area (Å²) < 4.78 is 15.2. The summed E-state index contributed by atoms with van der Waals surface area (Å²) in [6, 6.07) is 13.4. The Morgan fingerprint density at radius 3 is 2.43 bits per heavy atom. The van der Waals surface area contributed by atoms with Gasteiger partial charge in [0, 0.05) is 13.1 Å². The summed E-state index contributed by atoms with van der Waals surface area (Å²) in [5, 5.41) is 2.10. The number of rotatable bonds is 6. The molecule has 1 aliphatic rings. The van der Waals surface area contributed by atoms with E-state index in [4.69, 9.17) is 14.2 Å². The van der Waals surface area contributed by atoms with Gasteiger partial charge in [-0.05, 0) is 35.7 Å². The lowest BCUT2D eigenvalue weighted by Crippen LogP contribution is -2.42. The number of hydrogen-bond acceptors (Lipinski definition) is 6. The van der Waals surface area contributed by atoms with Crippen LogP contribution < -0.4 is 4.74 Å². The Morgan fingerprint density at radius 2 is 1.71 bits per heavy atom. The normalized spacial score (nSPS) is 14.5. The van der Waals surface area contributed by atoms with Crippen LogP contribution in [-0.2, 0) is 23.9 Å². The van der Waals surface area contributed by atoms with Crippen molar-refractivity contribution >= 4 is 28.6 Å². The van der Waals surface area contributed by atoms with Crippen LogP contribution in [0, 0.1) is 5.92 Å². The molecule has 0 aromatic heterocycles. The van der Waals surface area contributed by atoms with Gasteiger partial charge in [0.1, 0.15) is 5.75 Å². The van der Waals surface area contributed by atoms with E-state index < -0.39 is 5.97 Å². The van der Waals surface area contributed by atoms with Gasteiger partial charge < -0.3 is 19.1 Å². The number of likely N-dealkylation sites (tertiary alicyclic amines) is 1. The second-order valence-corrected chi connectivity index (χ2v) is 6.64. The van der Waals surface area contributed by atoms with Gasteiger partial charge in [-0.3, -0.25) is 9.59 Å². The maximum atomic E-state index is 12.2. The Labute approximate surface area is 163 Å². The number of nitrogens with zero attached hydrogens (tertiary/aromatic N) is 1. The van der Waals surface area contributed by atoms with E-state index in [2.05, 4.69) is 0 Å². The molecule has 0 saturated carbocycles. The van der Waals surface area contributed by atoms with Crippen LogP contribution in [0.15, 0.2) is 42.5 Å². The molecule has 2 aromatic rings. The molecule has 1 saturated heterocycles. The molecule has 0 aliphatic carbocycles. The molecule has 1 amide bonds. The monoisotopic (exact) mass is 385 g/mol. The van der Waals surface area contributed by atoms with Gasteiger partial charge in [0.05, 0.1) is 13.0 Å². The number of fused-ring (bicyclic) bond motifs is 1. The summed E-state index contributed by atoms with van der Waals surface area (Å²) in [7, 11) is 1.36. The van der Waals surface area contributed by atoms with Gasteiger partial charge in [-0.1, -0.05) is 30.3 Å². The predicted molar refractivity (Wildman–Crippen MR) is 102 cm³/mol. The third kappa shape index (κ3) is 5.00. The van der Waals surface area contributed by atoms with Crippen LogP contribution >= 0.6 is 0 Å². The number of amides is 1. The molecular weight excluding hydrogens is 362 g/mol. The summed E-state index contributed by atoms with van der Waals surface area (Å²) in [6.45, 7) is 0.298. The number of methoxy groups -OCH3 is 1. The third-order valence-electron chi connectivity index (χ3n) is 4.82. The van der Waals surface area contributed by atoms with Crippen LogP contribution in [0.2, 0.25) is 0 Å². The fourth-order valence-electron chi connectivity index (χ4n) is 3.21. The van der Waals surface area contributed by atoms with Crippen molar-refractivity contribution in [3.63, 3.8) is 0 Å². The number of carbonyl (C=O) groups excluding carboxylic acids is 3. The molecule has 2 aromatic carbocycles. The molecular formula is C21H23NO6. The van der Waals surface area contributed by atoms with Crippen LogP contribution in [0.25, 0.3) is 10.8 Å². The lowest BCUT2D eigenvalue weighted by molar-refractivity contribution is -0.155. The zero-order chi connectivity index (χ0) is 19.9. The molecule has 0 N–H and O–H groups in total. The van der Waals surface area contributed by atoms with Gasteiger partial charge in [-0.25, -0.2) is 4.79 Å². The summed E-state index contributed by atoms with van der Waals surface area (Å²) in [5.41, 5.74) is 0. The first-order valence-electron chi connectivity index (χ1n) is 9.19. The van der Waals surface area contributed by atoms with Crippen molar-refractivity contribution in [1.29, 1.82) is 0 Å². The lowest BCUT2D eigenvalue weighted by atomic mass is 9.97. The van der Waals surface area contributed by atoms with E-state index in [1.54, 1.807) is 11.0 Å². The molecule has 1 heterocycles. The van der Waals surface area contributed by atoms with Crippen molar-refractivity contribution in [2.45, 2.75) is 12.8 Å². The lowest BCUT2D eigenvalue weighted by Gasteiger charge is -2.30. The van der Waals surface area contributed by atoms with E-state index in [1.807, 2.05) is 36.4 Å². The van der Waals surface area contributed by atoms with Gasteiger partial charge in [0.25, 0.3) is 5.91 Å². The average Bonchev–Trinajstić information content (AvgIpc) is 2.75. The molecule has 0 bridgehead atoms. The molecule has 0 radical (unpaired) electrons. The molecule has 3 rings (SSSR count). The van der Waals surface area contributed by atoms with E-state index in [-0.39, 0.29) is 31.0 Å². The van der Waals surface area contributed by atoms with E-state index in [0.29, 0.717) is 31.7 Å². The molecule has 0 unspecified atom stereocenters. The molecule has 7 heteroatoms. The van der Waals surface area contributed by atoms with Gasteiger partial charge in [-0.2, -0.15) is 0 Å². The minimum Gasteiger partial charge on any atom is -0.482 e. The van der Waals surface area contributed by atoms with Crippen LogP contribution in [0.1, 0.15) is 12.8 Å². The molecule has 7 nitrogen and oxygen atoms in total. The van der Waals surface area contributed by atoms with Gasteiger partial charge in [0.2, 0.25) is 0 Å². The van der Waals surface area contributed by atoms with Gasteiger partial charge in [0.15, 0.2) is 13.2 Å². The maximum absolute atomic E-state index is 12.2. The number of ether oxygens (including phenoxy) is 3. The van der Waals surface area contributed by atoms with Crippen molar-refractivity contribution in [3.8, 4) is 5.75 Å². The highest BCUT2D eigenvalue weighted by molar-refractivity contribution is 5.84. The minimum atomic E-state index is -0.606. The number of esters is 2. The molecule has 0 spiro atoms. The van der Waals surface area contributed by atoms with Crippen molar-refractivity contribution in [2.24, 2.45) is 5.92 Å². The highest BCUT2D eigenvalue weighted by atomic mass is 16.6. The van der Waals surface area contributed by atoms with Crippen LogP contribution in [0.3, 0.4) is 0 Å². The largest absolute Gasteiger partial charge is 0.482 e. The number of piperidine rings is 1. The summed E-state index contributed by atoms with van der Waals surface area (Å²) >= 11 is 0. The average molecular weight is 385 g/mol. The fraction of sp³-hybridized carbons (Fsp3) is 0.381. The van der Waals surface area contributed by atoms with E-state index in [0.717, 1.165) is 10.8 Å². The maximum Gasteiger partial charge on any atom is 0.344 e. The highest BCUT2D eigenvalue weighted by Crippen LogP contribution is 2.21. The molecule has 0 atom stereocenters. The second-order valence-electron chi connectivity index (χ2n) is 6.64. The smallest absolute Gasteiger partial charge is 0.344 e. The Bertz CT molecular complexity index is 857. The number of carbonyl (C=O) groups is 3. The number of benzene rings is 2. The molecule has 1 aliphatic heterocycles. The quantitative estimate of drug-likeness (QED) is 0.709. The fourth-order valence-corrected chi connectivity index (χ4v) is 3.21. The Morgan fingerprint density at radius 1 is 1.00 bits per heavy atom. The first-order valence-corrected chi connectivity index (χ1v) is 9.19. The van der Waals surface area contributed by atoms with Crippen LogP contribution in [0.5, 0.6) is 5.75 Å². The van der Waals surface area contributed by atoms with Crippen molar-refractivity contribution in [2.75, 3.05) is 33.4 Å². The standard InChI is InChI=1S/C21H23NO6/c1-26-21(25)16-8-10-22(11-9-16)19(23)13-28-20(24)14-27-18-7-6-15-4-2-3-5-17(15)12-18/h2-7,12,16H,8-11,13-14H2,1H3. The first kappa shape index (κ1) is 19.7. The van der Waals surface area contributed by atoms with E-state index in [1.165, 1.54) is 7.11 Å². The predicted octanol–water partition coefficient (Wildman–Crippen LogP) is 2.17. The highest BCUT2D eigenvalue weighted by Gasteiger charge is 2.28. The first-order chi connectivity index (χ1) is 13.6. The van der Waals surface area contributed by atoms with Gasteiger partial charge >= 0.3 is 11.9 Å². The summed E-state index contributed by atoms with van der Waals surface area (Å²) in [5.74, 6) is -0.739. The summed E-state index contributed by atoms with van der Waals surface area (Å²) in [6.07, 6.45) is 1.11. The summed E-state index contributed by atoms with van der Waals surface area (Å²) in [4.78, 5) is 37.1. The zero-order valence-electron chi connectivity index (χ0n) is 15.8. The Hall–Kier alpha value is -3.09. The SMILES string of the molecule is COC(=O)C1CCN(C(=O)COC(=O)COc2ccc3ccccc3c2)CC1. The van der Waals surface area contributed by atoms with Crippen molar-refractivity contribution in [3.05, 3.63) is 42.5 Å². The Balaban J connectivity index is 1.40. The number of hydrogen-bond donors (Lipinski definition) is 0. The second kappa shape index (κ2) is 9.21. The van der Waals surface area contributed by atoms with Crippen molar-refractivity contribution < 1.29 is 28.6 Å². The zero-order valence-corrected chi connectivity index (χ0v) is 15.8. The van der Waals surface area contributed by atoms with Crippen molar-refractivity contribution in [1.82, 2.24) is 4.90 Å². The minimum absolute atomic E-state index is 0.174. The molecule has 148 valence electrons. The molecule has 28 heavy (non-hydrogen) atoms. The van der Waals surface area contributed by atoms with E-state index in [9.17, 15) is 14.4 Å². The van der Waals surface area contributed by atoms with Gasteiger partial charge in [-0.15, -0.1) is 0 Å². The van der Waals surface area contributed by atoms with Crippen LogP contribution in [0.4, 0.5) is 0 Å². The Kier molecular flexibility index (Phi) is 6.47. The third-order valence-corrected chi connectivity index (χ3v) is 4.82. The molecule has 1 fully saturated rings.